The van der Waals surface area contributed by atoms with E-state index in [9.17, 15) is 24.0 Å². The predicted octanol–water partition coefficient (Wildman–Crippen LogP) is 15.8. The minimum absolute atomic E-state index is 0.0493. The van der Waals surface area contributed by atoms with Gasteiger partial charge in [0, 0.05) is 43.0 Å². The van der Waals surface area contributed by atoms with Crippen molar-refractivity contribution < 1.29 is 75.8 Å². The molecule has 4 amide bonds. The fraction of sp³-hybridized carbons (Fsp3) is 0.701. The summed E-state index contributed by atoms with van der Waals surface area (Å²) in [4.78, 5) is 64.4. The number of epoxide rings is 3. The standard InChI is InChI=1S/C42H62N2O8Si4.C35H62O9Si4/c1-41(2,3)35-17-13-33(14-18-35)25-31-55(9)49-53(7,29-11-27-43-37(45)21-22-38(43)46)51-56(10,32-26-34-15-19-36(20-16-34)42(4,5)6)52-54(8,50-55)30-12-28-44-39(47)23-24-40(44)48;1-25(2)35(36)37-17-7-18-45(3)41-46(4,19-14-26-8-11-29-32(22-26)38-29)43-48(6,21-16-28-10-13-31-34(24-28)40-31)44-47(5,42-45)20-15-27-9-12-30-33(23-27)39-30/h13-24H,11-12,25-32H2,1-10H3;26-34H,1,7-24H2,2-6H3. The van der Waals surface area contributed by atoms with Gasteiger partial charge in [0.15, 0.2) is 0 Å². The molecule has 7 heterocycles. The highest BCUT2D eigenvalue weighted by Gasteiger charge is 2.60. The van der Waals surface area contributed by atoms with Crippen molar-refractivity contribution in [3.63, 3.8) is 0 Å². The number of carbonyl (C=O) groups is 5. The van der Waals surface area contributed by atoms with Gasteiger partial charge in [-0.05, 0) is 268 Å². The number of hydrogen-bond donors (Lipinski definition) is 0. The summed E-state index contributed by atoms with van der Waals surface area (Å²) in [5.41, 5.74) is 5.47. The first kappa shape index (κ1) is 81.7. The van der Waals surface area contributed by atoms with Crippen LogP contribution in [0.15, 0.2) is 85.0 Å². The number of carbonyl (C=O) groups excluding carboxylic acids is 5. The molecule has 11 unspecified atom stereocenters. The van der Waals surface area contributed by atoms with Crippen molar-refractivity contribution >= 4 is 98.1 Å². The summed E-state index contributed by atoms with van der Waals surface area (Å²) >= 11 is 0. The Morgan fingerprint density at radius 3 is 0.971 bits per heavy atom. The molecule has 104 heavy (non-hydrogen) atoms. The Morgan fingerprint density at radius 2 is 0.692 bits per heavy atom. The van der Waals surface area contributed by atoms with Crippen LogP contribution in [-0.4, -0.2) is 164 Å². The van der Waals surface area contributed by atoms with Gasteiger partial charge in [0.2, 0.25) is 0 Å². The van der Waals surface area contributed by atoms with Crippen molar-refractivity contribution in [3.05, 3.63) is 107 Å². The van der Waals surface area contributed by atoms with Crippen LogP contribution in [0.25, 0.3) is 0 Å². The van der Waals surface area contributed by atoms with Gasteiger partial charge in [-0.15, -0.1) is 0 Å². The lowest BCUT2D eigenvalue weighted by atomic mass is 9.86. The quantitative estimate of drug-likeness (QED) is 0.0193. The summed E-state index contributed by atoms with van der Waals surface area (Å²) in [6, 6.07) is 23.7. The fourth-order valence-corrected chi connectivity index (χ4v) is 64.2. The van der Waals surface area contributed by atoms with Crippen molar-refractivity contribution in [2.45, 2.75) is 306 Å². The Labute approximate surface area is 630 Å². The summed E-state index contributed by atoms with van der Waals surface area (Å²) in [5, 5.41) is 0. The fourth-order valence-electron chi connectivity index (χ4n) is 17.5. The van der Waals surface area contributed by atoms with Crippen LogP contribution in [0, 0.1) is 17.8 Å². The third-order valence-corrected chi connectivity index (χ3v) is 60.7. The molecule has 19 nitrogen and oxygen atoms in total. The molecular weight excluding hydrogens is 1450 g/mol. The first-order valence-electron chi connectivity index (χ1n) is 39.4. The van der Waals surface area contributed by atoms with Gasteiger partial charge in [0.25, 0.3) is 23.6 Å². The Hall–Kier alpha value is -3.29. The van der Waals surface area contributed by atoms with E-state index < -0.39 is 68.5 Å². The zero-order valence-corrected chi connectivity index (χ0v) is 73.5. The number of fused-ring (bicyclic) bond motifs is 3. The van der Waals surface area contributed by atoms with Crippen LogP contribution < -0.4 is 0 Å². The van der Waals surface area contributed by atoms with Gasteiger partial charge in [-0.2, -0.15) is 0 Å². The zero-order valence-electron chi connectivity index (χ0n) is 65.5. The van der Waals surface area contributed by atoms with Gasteiger partial charge in [0.1, 0.15) is 0 Å². The van der Waals surface area contributed by atoms with Gasteiger partial charge in [0.05, 0.1) is 43.2 Å². The number of ether oxygens (including phenoxy) is 4. The monoisotopic (exact) mass is 1570 g/mol. The third kappa shape index (κ3) is 22.7. The number of nitrogens with zero attached hydrogens (tertiary/aromatic N) is 2. The van der Waals surface area contributed by atoms with Crippen LogP contribution in [0.5, 0.6) is 0 Å². The predicted molar refractivity (Wildman–Crippen MR) is 421 cm³/mol. The SMILES string of the molecule is C=C(C)C(=O)OCCC[Si]1(C)O[Si](C)(CCC2CCC3OC3C2)O[Si](C)(CCC2CCC3OC3C2)O[Si](C)(CCC2CCC3OC3C2)O1.CC(C)(C)c1ccc(CC[Si]2(C)O[Si](C)(CCCN3C(=O)C=CC3=O)O[Si](C)(CCc3ccc(C(C)(C)C)cc3)O[Si](C)(CCCN3C(=O)C=CC3=O)O2)cc1. The molecule has 7 aliphatic heterocycles. The summed E-state index contributed by atoms with van der Waals surface area (Å²) in [6.07, 6.45) is 25.8. The van der Waals surface area contributed by atoms with Gasteiger partial charge in [-0.25, -0.2) is 4.79 Å². The number of esters is 1. The van der Waals surface area contributed by atoms with Crippen LogP contribution >= 0.6 is 0 Å². The molecular formula is C77H124N2O17Si8. The molecule has 0 aromatic heterocycles. The lowest BCUT2D eigenvalue weighted by Crippen LogP contribution is -2.67. The van der Waals surface area contributed by atoms with Crippen molar-refractivity contribution in [2.75, 3.05) is 19.7 Å². The molecule has 2 aromatic carbocycles. The second-order valence-electron chi connectivity index (χ2n) is 35.6. The highest BCUT2D eigenvalue weighted by atomic mass is 28.5. The Morgan fingerprint density at radius 1 is 0.413 bits per heavy atom. The molecule has 8 fully saturated rings. The minimum atomic E-state index is -3.06. The molecule has 0 spiro atoms. The van der Waals surface area contributed by atoms with E-state index in [1.54, 1.807) is 6.92 Å². The molecule has 27 heteroatoms. The summed E-state index contributed by atoms with van der Waals surface area (Å²) < 4.78 is 82.7. The largest absolute Gasteiger partial charge is 0.462 e. The molecule has 0 radical (unpaired) electrons. The first-order chi connectivity index (χ1) is 48.8. The first-order valence-corrected chi connectivity index (χ1v) is 59.6. The average molecular weight is 1570 g/mol. The van der Waals surface area contributed by atoms with Crippen LogP contribution in [0.3, 0.4) is 0 Å². The van der Waals surface area contributed by atoms with Gasteiger partial charge in [-0.3, -0.25) is 29.0 Å². The molecule has 2 aromatic rings. The van der Waals surface area contributed by atoms with Crippen LogP contribution in [-0.2, 0) is 99.5 Å². The second-order valence-corrected chi connectivity index (χ2v) is 64.3. The van der Waals surface area contributed by atoms with Gasteiger partial charge >= 0.3 is 74.5 Å². The molecule has 10 aliphatic rings. The maximum atomic E-state index is 12.4. The van der Waals surface area contributed by atoms with Crippen molar-refractivity contribution in [1.82, 2.24) is 9.80 Å². The van der Waals surface area contributed by atoms with Crippen LogP contribution in [0.1, 0.15) is 167 Å². The lowest BCUT2D eigenvalue weighted by molar-refractivity contribution is -0.139. The molecule has 3 saturated carbocycles. The smallest absolute Gasteiger partial charge is 0.333 e. The molecule has 11 atom stereocenters. The summed E-state index contributed by atoms with van der Waals surface area (Å²) in [7, 11) is -23.1. The highest BCUT2D eigenvalue weighted by Crippen LogP contribution is 2.48. The Balaban J connectivity index is 0.000000210. The van der Waals surface area contributed by atoms with E-state index in [0.29, 0.717) is 110 Å². The van der Waals surface area contributed by atoms with Crippen molar-refractivity contribution in [2.24, 2.45) is 17.8 Å². The summed E-state index contributed by atoms with van der Waals surface area (Å²) in [5.74, 6) is 0.499. The average Bonchev–Trinajstić information content (AvgIpc) is 1.31. The lowest BCUT2D eigenvalue weighted by Gasteiger charge is -2.51. The maximum Gasteiger partial charge on any atom is 0.333 e. The number of imide groups is 2. The molecule has 3 aliphatic carbocycles. The van der Waals surface area contributed by atoms with E-state index in [2.05, 4.69) is 149 Å². The number of amides is 4. The normalized spacial score (nSPS) is 36.8. The number of benzene rings is 2. The van der Waals surface area contributed by atoms with Gasteiger partial charge < -0.3 is 51.9 Å². The Kier molecular flexibility index (Phi) is 25.9. The van der Waals surface area contributed by atoms with Crippen molar-refractivity contribution in [1.29, 1.82) is 0 Å². The number of aryl methyl sites for hydroxylation is 2. The van der Waals surface area contributed by atoms with E-state index in [4.69, 9.17) is 51.9 Å². The molecule has 576 valence electrons. The number of rotatable bonds is 28. The minimum Gasteiger partial charge on any atom is -0.462 e. The number of hydrogen-bond acceptors (Lipinski definition) is 17. The molecule has 0 N–H and O–H groups in total. The molecule has 0 bridgehead atoms. The van der Waals surface area contributed by atoms with E-state index in [-0.39, 0.29) is 53.5 Å². The van der Waals surface area contributed by atoms with E-state index in [0.717, 1.165) is 56.3 Å². The van der Waals surface area contributed by atoms with E-state index in [1.165, 1.54) is 114 Å². The van der Waals surface area contributed by atoms with Gasteiger partial charge in [-0.1, -0.05) is 96.7 Å². The maximum absolute atomic E-state index is 12.4. The van der Waals surface area contributed by atoms with Crippen molar-refractivity contribution in [3.8, 4) is 0 Å². The van der Waals surface area contributed by atoms with Crippen LogP contribution in [0.4, 0.5) is 0 Å². The molecule has 12 rings (SSSR count). The Bertz CT molecular complexity index is 3230. The highest BCUT2D eigenvalue weighted by molar-refractivity contribution is 6.95. The second kappa shape index (κ2) is 32.9. The molecule has 5 saturated heterocycles. The zero-order chi connectivity index (χ0) is 74.9. The topological polar surface area (TPSA) is 212 Å². The summed E-state index contributed by atoms with van der Waals surface area (Å²) in [6.45, 7) is 37.2. The van der Waals surface area contributed by atoms with Crippen LogP contribution in [0.2, 0.25) is 101 Å². The van der Waals surface area contributed by atoms with E-state index >= 15 is 0 Å². The third-order valence-electron chi connectivity index (χ3n) is 23.4. The van der Waals surface area contributed by atoms with E-state index in [1.807, 2.05) is 0 Å².